The zero-order chi connectivity index (χ0) is 17.0. The van der Waals surface area contributed by atoms with Crippen molar-refractivity contribution in [1.82, 2.24) is 5.32 Å². The molecule has 0 fully saturated rings. The fraction of sp³-hybridized carbons (Fsp3) is 0.529. The van der Waals surface area contributed by atoms with E-state index in [1.54, 1.807) is 22.7 Å². The molecule has 0 unspecified atom stereocenters. The zero-order valence-corrected chi connectivity index (χ0v) is 14.6. The molecule has 1 heterocycles. The molecule has 1 aliphatic rings. The third kappa shape index (κ3) is 4.70. The maximum atomic E-state index is 13.5. The number of rotatable bonds is 3. The van der Waals surface area contributed by atoms with Crippen LogP contribution in [0, 0.1) is 11.2 Å². The van der Waals surface area contributed by atoms with Crippen molar-refractivity contribution in [3.8, 4) is 0 Å². The van der Waals surface area contributed by atoms with Gasteiger partial charge in [0.05, 0.1) is 5.69 Å². The molecule has 1 aromatic rings. The zero-order valence-electron chi connectivity index (χ0n) is 13.8. The summed E-state index contributed by atoms with van der Waals surface area (Å²) in [7, 11) is 0. The third-order valence-corrected chi connectivity index (χ3v) is 4.75. The second-order valence-electron chi connectivity index (χ2n) is 6.62. The molecular weight excluding hydrogens is 315 g/mol. The van der Waals surface area contributed by atoms with E-state index in [-0.39, 0.29) is 24.1 Å². The van der Waals surface area contributed by atoms with Crippen molar-refractivity contribution in [3.63, 3.8) is 0 Å². The van der Waals surface area contributed by atoms with Crippen molar-refractivity contribution < 1.29 is 14.0 Å². The molecule has 4 nitrogen and oxygen atoms in total. The average molecular weight is 338 g/mol. The molecule has 6 heteroatoms. The predicted octanol–water partition coefficient (Wildman–Crippen LogP) is 3.21. The Hall–Kier alpha value is -1.56. The number of halogens is 1. The van der Waals surface area contributed by atoms with Crippen molar-refractivity contribution in [2.45, 2.75) is 38.5 Å². The summed E-state index contributed by atoms with van der Waals surface area (Å²) in [5.74, 6) is 0.394. The first-order valence-electron chi connectivity index (χ1n) is 7.80. The van der Waals surface area contributed by atoms with E-state index in [4.69, 9.17) is 0 Å². The van der Waals surface area contributed by atoms with Crippen LogP contribution in [0.15, 0.2) is 23.1 Å². The molecule has 0 saturated heterocycles. The van der Waals surface area contributed by atoms with Crippen LogP contribution in [-0.2, 0) is 9.59 Å². The van der Waals surface area contributed by atoms with Crippen LogP contribution in [0.5, 0.6) is 0 Å². The van der Waals surface area contributed by atoms with E-state index in [1.165, 1.54) is 12.1 Å². The lowest BCUT2D eigenvalue weighted by Crippen LogP contribution is -2.38. The van der Waals surface area contributed by atoms with Gasteiger partial charge in [-0.1, -0.05) is 20.8 Å². The van der Waals surface area contributed by atoms with E-state index in [0.29, 0.717) is 18.8 Å². The van der Waals surface area contributed by atoms with Crippen LogP contribution in [0.2, 0.25) is 0 Å². The van der Waals surface area contributed by atoms with Crippen LogP contribution < -0.4 is 10.2 Å². The van der Waals surface area contributed by atoms with E-state index in [2.05, 4.69) is 5.32 Å². The third-order valence-electron chi connectivity index (χ3n) is 3.60. The summed E-state index contributed by atoms with van der Waals surface area (Å²) in [6.45, 7) is 6.36. The Morgan fingerprint density at radius 3 is 2.78 bits per heavy atom. The van der Waals surface area contributed by atoms with Crippen molar-refractivity contribution in [3.05, 3.63) is 24.0 Å². The molecule has 23 heavy (non-hydrogen) atoms. The second kappa shape index (κ2) is 7.34. The van der Waals surface area contributed by atoms with Gasteiger partial charge in [0.1, 0.15) is 5.82 Å². The first-order chi connectivity index (χ1) is 10.8. The summed E-state index contributed by atoms with van der Waals surface area (Å²) >= 11 is 1.64. The van der Waals surface area contributed by atoms with Crippen molar-refractivity contribution in [2.75, 3.05) is 23.7 Å². The smallest absolute Gasteiger partial charge is 0.228 e. The van der Waals surface area contributed by atoms with Crippen LogP contribution in [0.3, 0.4) is 0 Å². The molecule has 0 saturated carbocycles. The maximum Gasteiger partial charge on any atom is 0.228 e. The fourth-order valence-electron chi connectivity index (χ4n) is 2.29. The Bertz CT molecular complexity index is 599. The lowest BCUT2D eigenvalue weighted by atomic mass is 9.96. The summed E-state index contributed by atoms with van der Waals surface area (Å²) in [4.78, 5) is 26.9. The maximum absolute atomic E-state index is 13.5. The molecule has 126 valence electrons. The molecule has 0 aliphatic carbocycles. The lowest BCUT2D eigenvalue weighted by molar-refractivity contribution is -0.128. The number of hydrogen-bond donors (Lipinski definition) is 1. The van der Waals surface area contributed by atoms with Gasteiger partial charge in [-0.2, -0.15) is 0 Å². The van der Waals surface area contributed by atoms with Gasteiger partial charge in [0.15, 0.2) is 0 Å². The molecule has 2 amide bonds. The number of carbonyl (C=O) groups excluding carboxylic acids is 2. The number of thioether (sulfide) groups is 1. The van der Waals surface area contributed by atoms with E-state index < -0.39 is 5.41 Å². The van der Waals surface area contributed by atoms with Crippen LogP contribution in [0.25, 0.3) is 0 Å². The Morgan fingerprint density at radius 2 is 2.09 bits per heavy atom. The fourth-order valence-corrected chi connectivity index (χ4v) is 3.27. The molecule has 1 N–H and O–H groups in total. The normalized spacial score (nSPS) is 14.9. The Labute approximate surface area is 140 Å². The minimum atomic E-state index is -0.474. The highest BCUT2D eigenvalue weighted by Gasteiger charge is 2.24. The number of anilines is 1. The van der Waals surface area contributed by atoms with Gasteiger partial charge in [-0.15, -0.1) is 11.8 Å². The van der Waals surface area contributed by atoms with Gasteiger partial charge in [0.2, 0.25) is 11.8 Å². The second-order valence-corrected chi connectivity index (χ2v) is 7.75. The molecule has 1 aliphatic heterocycles. The van der Waals surface area contributed by atoms with Gasteiger partial charge in [-0.25, -0.2) is 4.39 Å². The van der Waals surface area contributed by atoms with Gasteiger partial charge >= 0.3 is 0 Å². The highest BCUT2D eigenvalue weighted by molar-refractivity contribution is 7.99. The van der Waals surface area contributed by atoms with E-state index in [9.17, 15) is 14.0 Å². The minimum absolute atomic E-state index is 0.0804. The van der Waals surface area contributed by atoms with Crippen molar-refractivity contribution in [2.24, 2.45) is 5.41 Å². The number of benzene rings is 1. The Balaban J connectivity index is 2.02. The van der Waals surface area contributed by atoms with Crippen molar-refractivity contribution >= 4 is 29.3 Å². The van der Waals surface area contributed by atoms with Gasteiger partial charge < -0.3 is 10.2 Å². The number of hydrogen-bond acceptors (Lipinski definition) is 3. The monoisotopic (exact) mass is 338 g/mol. The summed E-state index contributed by atoms with van der Waals surface area (Å²) in [6.07, 6.45) is 1.07. The number of amides is 2. The summed E-state index contributed by atoms with van der Waals surface area (Å²) in [6, 6.07) is 4.56. The molecule has 1 aromatic carbocycles. The SMILES string of the molecule is CC(C)(C)C(=O)NCCC(=O)N1CCCSc2ccc(F)cc21. The highest BCUT2D eigenvalue weighted by Crippen LogP contribution is 2.34. The van der Waals surface area contributed by atoms with Crippen LogP contribution >= 0.6 is 11.8 Å². The van der Waals surface area contributed by atoms with Crippen LogP contribution in [0.4, 0.5) is 10.1 Å². The van der Waals surface area contributed by atoms with Crippen molar-refractivity contribution in [1.29, 1.82) is 0 Å². The molecular formula is C17H23FN2O2S. The summed E-state index contributed by atoms with van der Waals surface area (Å²) in [5.41, 5.74) is 0.164. The van der Waals surface area contributed by atoms with Gasteiger partial charge in [-0.05, 0) is 30.4 Å². The van der Waals surface area contributed by atoms with Gasteiger partial charge in [0, 0.05) is 29.8 Å². The van der Waals surface area contributed by atoms with Crippen LogP contribution in [0.1, 0.15) is 33.6 Å². The Kier molecular flexibility index (Phi) is 5.68. The number of carbonyl (C=O) groups is 2. The predicted molar refractivity (Wildman–Crippen MR) is 91.2 cm³/mol. The molecule has 0 spiro atoms. The summed E-state index contributed by atoms with van der Waals surface area (Å²) in [5, 5.41) is 2.78. The largest absolute Gasteiger partial charge is 0.355 e. The number of fused-ring (bicyclic) bond motifs is 1. The minimum Gasteiger partial charge on any atom is -0.355 e. The summed E-state index contributed by atoms with van der Waals surface area (Å²) < 4.78 is 13.5. The molecule has 0 bridgehead atoms. The van der Waals surface area contributed by atoms with Gasteiger partial charge in [0.25, 0.3) is 0 Å². The number of nitrogens with zero attached hydrogens (tertiary/aromatic N) is 1. The van der Waals surface area contributed by atoms with Crippen LogP contribution in [-0.4, -0.2) is 30.7 Å². The lowest BCUT2D eigenvalue weighted by Gasteiger charge is -2.23. The molecule has 0 atom stereocenters. The average Bonchev–Trinajstić information content (AvgIpc) is 2.67. The number of nitrogens with one attached hydrogen (secondary N) is 1. The quantitative estimate of drug-likeness (QED) is 0.921. The van der Waals surface area contributed by atoms with E-state index in [1.807, 2.05) is 20.8 Å². The molecule has 2 rings (SSSR count). The molecule has 0 radical (unpaired) electrons. The van der Waals surface area contributed by atoms with Gasteiger partial charge in [-0.3, -0.25) is 9.59 Å². The first kappa shape index (κ1) is 17.8. The van der Waals surface area contributed by atoms with E-state index >= 15 is 0 Å². The van der Waals surface area contributed by atoms with E-state index in [0.717, 1.165) is 17.1 Å². The topological polar surface area (TPSA) is 49.4 Å². The Morgan fingerprint density at radius 1 is 1.35 bits per heavy atom. The standard InChI is InChI=1S/C17H23FN2O2S/c1-17(2,3)16(22)19-8-7-15(21)20-9-4-10-23-14-6-5-12(18)11-13(14)20/h5-6,11H,4,7-10H2,1-3H3,(H,19,22). The highest BCUT2D eigenvalue weighted by atomic mass is 32.2. The first-order valence-corrected chi connectivity index (χ1v) is 8.78. The molecule has 0 aromatic heterocycles.